The number of nitrogens with zero attached hydrogens (tertiary/aromatic N) is 4. The number of aromatic nitrogens is 3. The molecule has 2 N–H and O–H groups in total. The molecular formula is C29H36ClN5O5. The van der Waals surface area contributed by atoms with Gasteiger partial charge in [0.05, 0.1) is 17.5 Å². The molecule has 3 heterocycles. The molecule has 1 aliphatic carbocycles. The van der Waals surface area contributed by atoms with Crippen LogP contribution in [0.2, 0.25) is 5.15 Å². The Morgan fingerprint density at radius 2 is 1.77 bits per heavy atom. The summed E-state index contributed by atoms with van der Waals surface area (Å²) >= 11 is 6.55. The average molecular weight is 570 g/mol. The summed E-state index contributed by atoms with van der Waals surface area (Å²) in [5.41, 5.74) is -0.204. The summed E-state index contributed by atoms with van der Waals surface area (Å²) in [6, 6.07) is 8.97. The molecule has 0 radical (unpaired) electrons. The molecule has 1 aliphatic heterocycles. The van der Waals surface area contributed by atoms with Gasteiger partial charge < -0.3 is 20.1 Å². The summed E-state index contributed by atoms with van der Waals surface area (Å²) in [4.78, 5) is 44.3. The van der Waals surface area contributed by atoms with Crippen LogP contribution in [0.5, 0.6) is 0 Å². The molecule has 1 saturated heterocycles. The minimum absolute atomic E-state index is 0.0935. The third kappa shape index (κ3) is 5.88. The van der Waals surface area contributed by atoms with Gasteiger partial charge >= 0.3 is 6.09 Å². The molecule has 1 saturated carbocycles. The van der Waals surface area contributed by atoms with Gasteiger partial charge in [-0.25, -0.2) is 9.78 Å². The minimum Gasteiger partial charge on any atom is -0.444 e. The molecule has 0 bridgehead atoms. The first-order valence-corrected chi connectivity index (χ1v) is 14.0. The van der Waals surface area contributed by atoms with E-state index in [4.69, 9.17) is 16.3 Å². The Kier molecular flexibility index (Phi) is 7.20. The van der Waals surface area contributed by atoms with Crippen molar-refractivity contribution < 1.29 is 19.4 Å². The number of piperidine rings is 1. The predicted octanol–water partition coefficient (Wildman–Crippen LogP) is 4.02. The van der Waals surface area contributed by atoms with Crippen molar-refractivity contribution in [2.24, 2.45) is 5.41 Å². The Labute approximate surface area is 237 Å². The summed E-state index contributed by atoms with van der Waals surface area (Å²) in [7, 11) is 0. The van der Waals surface area contributed by atoms with Crippen LogP contribution in [-0.4, -0.2) is 60.4 Å². The van der Waals surface area contributed by atoms with E-state index >= 15 is 0 Å². The number of nitrogens with one attached hydrogen (secondary N) is 1. The number of halogens is 1. The maximum Gasteiger partial charge on any atom is 0.407 e. The smallest absolute Gasteiger partial charge is 0.407 e. The number of fused-ring (bicyclic) bond motifs is 1. The van der Waals surface area contributed by atoms with E-state index in [1.54, 1.807) is 31.4 Å². The molecule has 0 unspecified atom stereocenters. The first-order valence-electron chi connectivity index (χ1n) is 13.6. The molecule has 2 fully saturated rings. The van der Waals surface area contributed by atoms with Crippen molar-refractivity contribution in [1.29, 1.82) is 0 Å². The number of rotatable bonds is 6. The van der Waals surface area contributed by atoms with Gasteiger partial charge in [0.2, 0.25) is 5.91 Å². The number of hydrogen-bond donors (Lipinski definition) is 2. The third-order valence-corrected chi connectivity index (χ3v) is 8.01. The Morgan fingerprint density at radius 1 is 1.12 bits per heavy atom. The highest BCUT2D eigenvalue weighted by Crippen LogP contribution is 2.47. The summed E-state index contributed by atoms with van der Waals surface area (Å²) in [6.45, 7) is 8.75. The van der Waals surface area contributed by atoms with Gasteiger partial charge in [0.15, 0.2) is 5.65 Å². The molecule has 40 heavy (non-hydrogen) atoms. The average Bonchev–Trinajstić information content (AvgIpc) is 3.55. The molecule has 0 atom stereocenters. The zero-order valence-electron chi connectivity index (χ0n) is 23.4. The fourth-order valence-corrected chi connectivity index (χ4v) is 5.37. The second-order valence-electron chi connectivity index (χ2n) is 12.3. The third-order valence-electron chi connectivity index (χ3n) is 7.73. The fraction of sp³-hybridized carbons (Fsp3) is 0.517. The minimum atomic E-state index is -1.10. The lowest BCUT2D eigenvalue weighted by Gasteiger charge is -2.39. The van der Waals surface area contributed by atoms with Crippen LogP contribution in [0, 0.1) is 5.41 Å². The van der Waals surface area contributed by atoms with Gasteiger partial charge in [0, 0.05) is 30.7 Å². The van der Waals surface area contributed by atoms with Crippen molar-refractivity contribution >= 4 is 34.6 Å². The summed E-state index contributed by atoms with van der Waals surface area (Å²) < 4.78 is 8.38. The normalized spacial score (nSPS) is 18.0. The SMILES string of the molecule is CC(C)(C)OC(=O)NCc1ccc(-n2c(Cl)cc3c(=O)n(CC4(O)CCN(C(=O)C5(C)CC5)CC4)cnc32)cc1. The monoisotopic (exact) mass is 569 g/mol. The van der Waals surface area contributed by atoms with Crippen LogP contribution < -0.4 is 10.9 Å². The largest absolute Gasteiger partial charge is 0.444 e. The van der Waals surface area contributed by atoms with E-state index in [9.17, 15) is 19.5 Å². The van der Waals surface area contributed by atoms with Crippen LogP contribution in [0.3, 0.4) is 0 Å². The molecule has 11 heteroatoms. The predicted molar refractivity (Wildman–Crippen MR) is 152 cm³/mol. The van der Waals surface area contributed by atoms with Gasteiger partial charge in [-0.05, 0) is 70.2 Å². The quantitative estimate of drug-likeness (QED) is 0.463. The Bertz CT molecular complexity index is 1490. The number of carbonyl (C=O) groups is 2. The molecular weight excluding hydrogens is 534 g/mol. The molecule has 1 aromatic carbocycles. The summed E-state index contributed by atoms with van der Waals surface area (Å²) in [5, 5.41) is 14.7. The van der Waals surface area contributed by atoms with Crippen molar-refractivity contribution in [1.82, 2.24) is 24.3 Å². The summed E-state index contributed by atoms with van der Waals surface area (Å²) in [6.07, 6.45) is 3.59. The first-order chi connectivity index (χ1) is 18.8. The molecule has 214 valence electrons. The number of likely N-dealkylation sites (tertiary alicyclic amines) is 1. The van der Waals surface area contributed by atoms with Gasteiger partial charge in [0.25, 0.3) is 5.56 Å². The lowest BCUT2D eigenvalue weighted by Crippen LogP contribution is -2.51. The maximum atomic E-state index is 13.4. The van der Waals surface area contributed by atoms with E-state index in [1.165, 1.54) is 10.9 Å². The van der Waals surface area contributed by atoms with Gasteiger partial charge in [-0.3, -0.25) is 18.7 Å². The number of amides is 2. The van der Waals surface area contributed by atoms with Crippen molar-refractivity contribution in [3.8, 4) is 5.69 Å². The summed E-state index contributed by atoms with van der Waals surface area (Å²) in [5.74, 6) is 0.165. The highest BCUT2D eigenvalue weighted by atomic mass is 35.5. The number of ether oxygens (including phenoxy) is 1. The van der Waals surface area contributed by atoms with Crippen LogP contribution in [0.15, 0.2) is 41.5 Å². The number of hydrogen-bond acceptors (Lipinski definition) is 6. The molecule has 2 aliphatic rings. The second kappa shape index (κ2) is 10.2. The highest BCUT2D eigenvalue weighted by Gasteiger charge is 2.48. The Balaban J connectivity index is 1.28. The zero-order chi connectivity index (χ0) is 28.9. The van der Waals surface area contributed by atoms with Crippen LogP contribution in [0.25, 0.3) is 16.7 Å². The zero-order valence-corrected chi connectivity index (χ0v) is 24.1. The number of benzene rings is 1. The van der Waals surface area contributed by atoms with E-state index in [0.29, 0.717) is 54.3 Å². The van der Waals surface area contributed by atoms with Gasteiger partial charge in [0.1, 0.15) is 17.1 Å². The standard InChI is InChI=1S/C29H36ClN5O5/c1-27(2,3)40-26(38)31-16-19-5-7-20(8-6-19)35-22(30)15-21-23(35)32-18-34(24(21)36)17-29(39)11-13-33(14-12-29)25(37)28(4)9-10-28/h5-8,15,18,39H,9-14,16-17H2,1-4H3,(H,31,38). The van der Waals surface area contributed by atoms with E-state index in [1.807, 2.05) is 36.1 Å². The molecule has 2 aromatic heterocycles. The molecule has 5 rings (SSSR count). The maximum absolute atomic E-state index is 13.4. The van der Waals surface area contributed by atoms with E-state index in [2.05, 4.69) is 10.3 Å². The van der Waals surface area contributed by atoms with Gasteiger partial charge in [-0.15, -0.1) is 0 Å². The van der Waals surface area contributed by atoms with E-state index in [-0.39, 0.29) is 23.4 Å². The molecule has 3 aromatic rings. The van der Waals surface area contributed by atoms with Crippen molar-refractivity contribution in [2.45, 2.75) is 77.7 Å². The van der Waals surface area contributed by atoms with Crippen molar-refractivity contribution in [3.63, 3.8) is 0 Å². The first kappa shape index (κ1) is 28.2. The van der Waals surface area contributed by atoms with E-state index < -0.39 is 17.3 Å². The lowest BCUT2D eigenvalue weighted by molar-refractivity contribution is -0.141. The second-order valence-corrected chi connectivity index (χ2v) is 12.7. The van der Waals surface area contributed by atoms with Gasteiger partial charge in [-0.2, -0.15) is 0 Å². The molecule has 10 nitrogen and oxygen atoms in total. The topological polar surface area (TPSA) is 119 Å². The van der Waals surface area contributed by atoms with Crippen LogP contribution in [-0.2, 0) is 22.6 Å². The van der Waals surface area contributed by atoms with Crippen molar-refractivity contribution in [3.05, 3.63) is 57.7 Å². The fourth-order valence-electron chi connectivity index (χ4n) is 5.08. The molecule has 2 amide bonds. The molecule has 0 spiro atoms. The Hall–Kier alpha value is -3.37. The van der Waals surface area contributed by atoms with Crippen molar-refractivity contribution in [2.75, 3.05) is 13.1 Å². The Morgan fingerprint density at radius 3 is 2.38 bits per heavy atom. The van der Waals surface area contributed by atoms with E-state index in [0.717, 1.165) is 18.4 Å². The highest BCUT2D eigenvalue weighted by molar-refractivity contribution is 6.31. The van der Waals surface area contributed by atoms with Crippen LogP contribution in [0.4, 0.5) is 4.79 Å². The van der Waals surface area contributed by atoms with Crippen LogP contribution in [0.1, 0.15) is 58.9 Å². The number of carbonyl (C=O) groups excluding carboxylic acids is 2. The number of alkyl carbamates (subject to hydrolysis) is 1. The number of aliphatic hydroxyl groups is 1. The lowest BCUT2D eigenvalue weighted by atomic mass is 9.90. The van der Waals surface area contributed by atoms with Crippen LogP contribution >= 0.6 is 11.6 Å². The van der Waals surface area contributed by atoms with Gasteiger partial charge in [-0.1, -0.05) is 30.7 Å².